The smallest absolute Gasteiger partial charge is 0.124 e. The van der Waals surface area contributed by atoms with Crippen LogP contribution in [0, 0.1) is 0 Å². The van der Waals surface area contributed by atoms with E-state index in [9.17, 15) is 0 Å². The van der Waals surface area contributed by atoms with Crippen molar-refractivity contribution in [2.75, 3.05) is 0 Å². The molecule has 0 spiro atoms. The highest BCUT2D eigenvalue weighted by atomic mass is 32.1. The lowest BCUT2D eigenvalue weighted by Gasteiger charge is -2.03. The first kappa shape index (κ1) is 19.1. The van der Waals surface area contributed by atoms with Crippen molar-refractivity contribution < 1.29 is 0 Å². The number of nitrogens with zero attached hydrogens (tertiary/aromatic N) is 2. The van der Waals surface area contributed by atoms with Gasteiger partial charge in [0, 0.05) is 33.0 Å². The van der Waals surface area contributed by atoms with Gasteiger partial charge in [0.1, 0.15) is 10.0 Å². The van der Waals surface area contributed by atoms with Gasteiger partial charge in [0.05, 0.1) is 11.4 Å². The van der Waals surface area contributed by atoms with Gasteiger partial charge in [0.25, 0.3) is 0 Å². The molecule has 6 rings (SSSR count). The van der Waals surface area contributed by atoms with Gasteiger partial charge in [-0.25, -0.2) is 9.97 Å². The van der Waals surface area contributed by atoms with Gasteiger partial charge in [-0.2, -0.15) is 0 Å². The highest BCUT2D eigenvalue weighted by Crippen LogP contribution is 2.34. The predicted octanol–water partition coefficient (Wildman–Crippen LogP) is 8.42. The summed E-state index contributed by atoms with van der Waals surface area (Å²) in [6.45, 7) is 0. The minimum Gasteiger partial charge on any atom is -0.236 e. The quantitative estimate of drug-likeness (QED) is 0.271. The number of hydrogen-bond donors (Lipinski definition) is 0. The van der Waals surface area contributed by atoms with Crippen LogP contribution in [0.5, 0.6) is 0 Å². The maximum atomic E-state index is 4.95. The van der Waals surface area contributed by atoms with Gasteiger partial charge in [-0.05, 0) is 10.8 Å². The van der Waals surface area contributed by atoms with Crippen molar-refractivity contribution >= 4 is 33.4 Å². The SMILES string of the molecule is c1ccc(-c2nc(-c3ccc(-c4nc(-c5cccc6ccccc56)cs4)cc3)cs2)cc1. The molecular weight excluding hydrogens is 428 g/mol. The molecule has 0 aliphatic heterocycles. The molecular formula is C28H18N2S2. The maximum absolute atomic E-state index is 4.95. The topological polar surface area (TPSA) is 25.8 Å². The molecule has 0 N–H and O–H groups in total. The molecule has 2 heterocycles. The Hall–Kier alpha value is -3.60. The highest BCUT2D eigenvalue weighted by Gasteiger charge is 2.11. The summed E-state index contributed by atoms with van der Waals surface area (Å²) in [6.07, 6.45) is 0. The Labute approximate surface area is 194 Å². The molecule has 2 nitrogen and oxygen atoms in total. The van der Waals surface area contributed by atoms with Crippen molar-refractivity contribution in [3.63, 3.8) is 0 Å². The van der Waals surface area contributed by atoms with E-state index in [0.717, 1.165) is 38.1 Å². The van der Waals surface area contributed by atoms with E-state index in [4.69, 9.17) is 9.97 Å². The Kier molecular flexibility index (Phi) is 4.87. The average Bonchev–Trinajstić information content (AvgIpc) is 3.55. The molecule has 0 fully saturated rings. The summed E-state index contributed by atoms with van der Waals surface area (Å²) in [7, 11) is 0. The van der Waals surface area contributed by atoms with E-state index in [1.54, 1.807) is 22.7 Å². The van der Waals surface area contributed by atoms with Crippen molar-refractivity contribution in [3.8, 4) is 43.7 Å². The summed E-state index contributed by atoms with van der Waals surface area (Å²) < 4.78 is 0. The molecule has 152 valence electrons. The Morgan fingerprint density at radius 3 is 1.88 bits per heavy atom. The van der Waals surface area contributed by atoms with Gasteiger partial charge < -0.3 is 0 Å². The van der Waals surface area contributed by atoms with Crippen LogP contribution in [0.4, 0.5) is 0 Å². The lowest BCUT2D eigenvalue weighted by Crippen LogP contribution is -1.83. The molecule has 2 aromatic heterocycles. The van der Waals surface area contributed by atoms with Crippen LogP contribution in [-0.2, 0) is 0 Å². The zero-order valence-corrected chi connectivity index (χ0v) is 18.7. The van der Waals surface area contributed by atoms with E-state index in [-0.39, 0.29) is 0 Å². The standard InChI is InChI=1S/C28H18N2S2/c1-2-8-21(9-3-1)27-29-25(17-31-27)20-13-15-22(16-14-20)28-30-26(18-32-28)24-12-6-10-19-7-4-5-11-23(19)24/h1-18H. The molecule has 0 saturated heterocycles. The number of thiazole rings is 2. The first-order valence-electron chi connectivity index (χ1n) is 10.4. The van der Waals surface area contributed by atoms with E-state index in [1.165, 1.54) is 16.3 Å². The second kappa shape index (κ2) is 8.15. The first-order chi connectivity index (χ1) is 15.8. The van der Waals surface area contributed by atoms with Crippen LogP contribution in [0.1, 0.15) is 0 Å². The molecule has 0 aliphatic carbocycles. The van der Waals surface area contributed by atoms with Crippen LogP contribution < -0.4 is 0 Å². The molecule has 0 atom stereocenters. The summed E-state index contributed by atoms with van der Waals surface area (Å²) in [5.74, 6) is 0. The fourth-order valence-corrected chi connectivity index (χ4v) is 5.54. The van der Waals surface area contributed by atoms with Crippen LogP contribution in [-0.4, -0.2) is 9.97 Å². The lowest BCUT2D eigenvalue weighted by molar-refractivity contribution is 1.39. The second-order valence-electron chi connectivity index (χ2n) is 7.55. The fraction of sp³-hybridized carbons (Fsp3) is 0. The van der Waals surface area contributed by atoms with Gasteiger partial charge in [0.2, 0.25) is 0 Å². The molecule has 0 saturated carbocycles. The molecule has 6 aromatic rings. The Morgan fingerprint density at radius 1 is 0.469 bits per heavy atom. The third-order valence-electron chi connectivity index (χ3n) is 5.52. The molecule has 4 aromatic carbocycles. The number of benzene rings is 4. The minimum atomic E-state index is 1.01. The Morgan fingerprint density at radius 2 is 1.06 bits per heavy atom. The van der Waals surface area contributed by atoms with Crippen LogP contribution in [0.2, 0.25) is 0 Å². The Bertz CT molecular complexity index is 1510. The normalized spacial score (nSPS) is 11.1. The van der Waals surface area contributed by atoms with Gasteiger partial charge in [-0.3, -0.25) is 0 Å². The minimum absolute atomic E-state index is 1.01. The summed E-state index contributed by atoms with van der Waals surface area (Å²) in [4.78, 5) is 9.78. The predicted molar refractivity (Wildman–Crippen MR) is 137 cm³/mol. The molecule has 0 radical (unpaired) electrons. The third-order valence-corrected chi connectivity index (χ3v) is 7.31. The van der Waals surface area contributed by atoms with Gasteiger partial charge >= 0.3 is 0 Å². The van der Waals surface area contributed by atoms with Gasteiger partial charge in [-0.1, -0.05) is 97.1 Å². The van der Waals surface area contributed by atoms with Gasteiger partial charge in [-0.15, -0.1) is 22.7 Å². The number of rotatable bonds is 4. The Balaban J connectivity index is 1.29. The lowest BCUT2D eigenvalue weighted by atomic mass is 10.0. The molecule has 0 unspecified atom stereocenters. The summed E-state index contributed by atoms with van der Waals surface area (Å²) in [5, 5.41) is 8.82. The molecule has 4 heteroatoms. The van der Waals surface area contributed by atoms with Crippen molar-refractivity contribution in [2.24, 2.45) is 0 Å². The maximum Gasteiger partial charge on any atom is 0.124 e. The zero-order valence-electron chi connectivity index (χ0n) is 17.1. The van der Waals surface area contributed by atoms with Crippen molar-refractivity contribution in [1.82, 2.24) is 9.97 Å². The second-order valence-corrected chi connectivity index (χ2v) is 9.26. The van der Waals surface area contributed by atoms with E-state index >= 15 is 0 Å². The van der Waals surface area contributed by atoms with E-state index in [1.807, 2.05) is 18.2 Å². The first-order valence-corrected chi connectivity index (χ1v) is 12.2. The summed E-state index contributed by atoms with van der Waals surface area (Å²) >= 11 is 3.36. The molecule has 32 heavy (non-hydrogen) atoms. The zero-order chi connectivity index (χ0) is 21.3. The van der Waals surface area contributed by atoms with Crippen molar-refractivity contribution in [1.29, 1.82) is 0 Å². The third kappa shape index (κ3) is 3.54. The monoisotopic (exact) mass is 446 g/mol. The number of aromatic nitrogens is 2. The van der Waals surface area contributed by atoms with E-state index in [2.05, 4.69) is 89.6 Å². The van der Waals surface area contributed by atoms with Crippen LogP contribution in [0.25, 0.3) is 54.4 Å². The van der Waals surface area contributed by atoms with Crippen LogP contribution >= 0.6 is 22.7 Å². The molecule has 0 bridgehead atoms. The van der Waals surface area contributed by atoms with E-state index < -0.39 is 0 Å². The molecule has 0 amide bonds. The van der Waals surface area contributed by atoms with Crippen molar-refractivity contribution in [2.45, 2.75) is 0 Å². The summed E-state index contributed by atoms with van der Waals surface area (Å²) in [5.41, 5.74) is 6.62. The van der Waals surface area contributed by atoms with E-state index in [0.29, 0.717) is 0 Å². The average molecular weight is 447 g/mol. The van der Waals surface area contributed by atoms with Crippen LogP contribution in [0.3, 0.4) is 0 Å². The number of hydrogen-bond acceptors (Lipinski definition) is 4. The largest absolute Gasteiger partial charge is 0.236 e. The number of fused-ring (bicyclic) bond motifs is 1. The molecule has 0 aliphatic rings. The van der Waals surface area contributed by atoms with Gasteiger partial charge in [0.15, 0.2) is 0 Å². The van der Waals surface area contributed by atoms with Crippen molar-refractivity contribution in [3.05, 3.63) is 108 Å². The fourth-order valence-electron chi connectivity index (χ4n) is 3.88. The highest BCUT2D eigenvalue weighted by molar-refractivity contribution is 7.13. The summed E-state index contributed by atoms with van der Waals surface area (Å²) in [6, 6.07) is 33.7. The van der Waals surface area contributed by atoms with Crippen LogP contribution in [0.15, 0.2) is 108 Å².